The van der Waals surface area contributed by atoms with Crippen LogP contribution in [0.1, 0.15) is 0 Å². The molecule has 0 N–H and O–H groups in total. The first-order valence-electron chi connectivity index (χ1n) is 5.52. The molecule has 1 aromatic heterocycles. The second-order valence-electron chi connectivity index (χ2n) is 3.99. The lowest BCUT2D eigenvalue weighted by atomic mass is 10.3. The average Bonchev–Trinajstić information content (AvgIpc) is 2.83. The van der Waals surface area contributed by atoms with Gasteiger partial charge in [-0.15, -0.1) is 0 Å². The van der Waals surface area contributed by atoms with Crippen LogP contribution in [0, 0.1) is 0 Å². The minimum Gasteiger partial charge on any atom is -0.236 e. The van der Waals surface area contributed by atoms with E-state index in [9.17, 15) is 8.42 Å². The molecule has 0 aliphatic rings. The SMILES string of the molecule is O=S(=O)(c1ccc(Br)cc1)n1cnc2ccccc21. The van der Waals surface area contributed by atoms with Gasteiger partial charge in [0, 0.05) is 4.47 Å². The van der Waals surface area contributed by atoms with Crippen LogP contribution < -0.4 is 0 Å². The number of hydrogen-bond acceptors (Lipinski definition) is 3. The molecule has 19 heavy (non-hydrogen) atoms. The van der Waals surface area contributed by atoms with E-state index in [0.717, 1.165) is 4.47 Å². The molecule has 0 bridgehead atoms. The van der Waals surface area contributed by atoms with Gasteiger partial charge in [-0.25, -0.2) is 17.4 Å². The van der Waals surface area contributed by atoms with Gasteiger partial charge in [0.25, 0.3) is 10.0 Å². The van der Waals surface area contributed by atoms with Gasteiger partial charge in [0.05, 0.1) is 15.9 Å². The minimum atomic E-state index is -3.61. The largest absolute Gasteiger partial charge is 0.269 e. The molecule has 96 valence electrons. The Balaban J connectivity index is 2.22. The summed E-state index contributed by atoms with van der Waals surface area (Å²) < 4.78 is 27.1. The molecular weight excluding hydrogens is 328 g/mol. The number of hydrogen-bond donors (Lipinski definition) is 0. The standard InChI is InChI=1S/C13H9BrN2O2S/c14-10-5-7-11(8-6-10)19(17,18)16-9-15-12-3-1-2-4-13(12)16/h1-9H. The third-order valence-electron chi connectivity index (χ3n) is 2.79. The van der Waals surface area contributed by atoms with Gasteiger partial charge >= 0.3 is 0 Å². The smallest absolute Gasteiger partial charge is 0.236 e. The minimum absolute atomic E-state index is 0.235. The van der Waals surface area contributed by atoms with Crippen molar-refractivity contribution < 1.29 is 8.42 Å². The van der Waals surface area contributed by atoms with Crippen molar-refractivity contribution in [1.82, 2.24) is 8.96 Å². The summed E-state index contributed by atoms with van der Waals surface area (Å²) in [5.74, 6) is 0. The van der Waals surface area contributed by atoms with Crippen LogP contribution in [0.25, 0.3) is 11.0 Å². The topological polar surface area (TPSA) is 52.0 Å². The first-order chi connectivity index (χ1) is 9.09. The first-order valence-corrected chi connectivity index (χ1v) is 7.75. The average molecular weight is 337 g/mol. The van der Waals surface area contributed by atoms with Crippen LogP contribution in [0.15, 0.2) is 64.2 Å². The summed E-state index contributed by atoms with van der Waals surface area (Å²) in [5.41, 5.74) is 1.23. The van der Waals surface area contributed by atoms with Crippen LogP contribution in [0.4, 0.5) is 0 Å². The zero-order valence-electron chi connectivity index (χ0n) is 9.69. The fraction of sp³-hybridized carbons (Fsp3) is 0. The fourth-order valence-corrected chi connectivity index (χ4v) is 3.40. The summed E-state index contributed by atoms with van der Waals surface area (Å²) in [4.78, 5) is 4.34. The van der Waals surface area contributed by atoms with Gasteiger partial charge in [0.15, 0.2) is 0 Å². The molecule has 0 fully saturated rings. The van der Waals surface area contributed by atoms with E-state index in [1.54, 1.807) is 42.5 Å². The van der Waals surface area contributed by atoms with Crippen molar-refractivity contribution in [3.63, 3.8) is 0 Å². The normalized spacial score (nSPS) is 11.8. The summed E-state index contributed by atoms with van der Waals surface area (Å²) >= 11 is 3.29. The van der Waals surface area contributed by atoms with Crippen molar-refractivity contribution >= 4 is 37.0 Å². The molecule has 0 saturated heterocycles. The maximum absolute atomic E-state index is 12.5. The number of aromatic nitrogens is 2. The molecule has 0 saturated carbocycles. The predicted molar refractivity (Wildman–Crippen MR) is 76.5 cm³/mol. The third-order valence-corrected chi connectivity index (χ3v) is 5.00. The van der Waals surface area contributed by atoms with Crippen LogP contribution in [-0.4, -0.2) is 17.4 Å². The lowest BCUT2D eigenvalue weighted by Crippen LogP contribution is -2.11. The van der Waals surface area contributed by atoms with Gasteiger partial charge < -0.3 is 0 Å². The number of rotatable bonds is 2. The number of imidazole rings is 1. The van der Waals surface area contributed by atoms with Crippen LogP contribution in [0.2, 0.25) is 0 Å². The summed E-state index contributed by atoms with van der Waals surface area (Å²) in [6, 6.07) is 13.7. The molecule has 0 aliphatic carbocycles. The Bertz CT molecular complexity index is 838. The summed E-state index contributed by atoms with van der Waals surface area (Å²) in [5, 5.41) is 0. The van der Waals surface area contributed by atoms with E-state index in [2.05, 4.69) is 20.9 Å². The Morgan fingerprint density at radius 3 is 2.42 bits per heavy atom. The van der Waals surface area contributed by atoms with Crippen LogP contribution in [0.3, 0.4) is 0 Å². The van der Waals surface area contributed by atoms with Crippen molar-refractivity contribution in [3.8, 4) is 0 Å². The number of halogens is 1. The Morgan fingerprint density at radius 2 is 1.68 bits per heavy atom. The van der Waals surface area contributed by atoms with Crippen LogP contribution >= 0.6 is 15.9 Å². The molecule has 3 rings (SSSR count). The van der Waals surface area contributed by atoms with Crippen LogP contribution in [-0.2, 0) is 10.0 Å². The van der Waals surface area contributed by atoms with Crippen molar-refractivity contribution in [2.45, 2.75) is 4.90 Å². The Labute approximate surface area is 118 Å². The maximum atomic E-state index is 12.5. The van der Waals surface area contributed by atoms with E-state index >= 15 is 0 Å². The maximum Gasteiger partial charge on any atom is 0.269 e. The summed E-state index contributed by atoms with van der Waals surface area (Å²) in [6.07, 6.45) is 1.34. The predicted octanol–water partition coefficient (Wildman–Crippen LogP) is 3.04. The van der Waals surface area contributed by atoms with Gasteiger partial charge in [0.2, 0.25) is 0 Å². The van der Waals surface area contributed by atoms with Gasteiger partial charge in [-0.1, -0.05) is 28.1 Å². The highest BCUT2D eigenvalue weighted by atomic mass is 79.9. The molecular formula is C13H9BrN2O2S. The zero-order chi connectivity index (χ0) is 13.5. The monoisotopic (exact) mass is 336 g/mol. The number of para-hydroxylation sites is 2. The molecule has 6 heteroatoms. The fourth-order valence-electron chi connectivity index (χ4n) is 1.85. The van der Waals surface area contributed by atoms with Crippen molar-refractivity contribution in [3.05, 3.63) is 59.3 Å². The molecule has 0 spiro atoms. The van der Waals surface area contributed by atoms with E-state index in [1.807, 2.05) is 6.07 Å². The molecule has 0 unspecified atom stereocenters. The van der Waals surface area contributed by atoms with E-state index in [1.165, 1.54) is 10.3 Å². The van der Waals surface area contributed by atoms with Gasteiger partial charge in [-0.3, -0.25) is 0 Å². The molecule has 3 aromatic rings. The van der Waals surface area contributed by atoms with E-state index < -0.39 is 10.0 Å². The van der Waals surface area contributed by atoms with Crippen molar-refractivity contribution in [1.29, 1.82) is 0 Å². The Morgan fingerprint density at radius 1 is 1.00 bits per heavy atom. The highest BCUT2D eigenvalue weighted by Gasteiger charge is 2.19. The van der Waals surface area contributed by atoms with Crippen molar-refractivity contribution in [2.24, 2.45) is 0 Å². The first kappa shape index (κ1) is 12.4. The van der Waals surface area contributed by atoms with E-state index in [4.69, 9.17) is 0 Å². The second kappa shape index (κ2) is 4.47. The molecule has 1 heterocycles. The quantitative estimate of drug-likeness (QED) is 0.722. The Hall–Kier alpha value is -1.66. The summed E-state index contributed by atoms with van der Waals surface area (Å²) in [6.45, 7) is 0. The lowest BCUT2D eigenvalue weighted by Gasteiger charge is -2.06. The highest BCUT2D eigenvalue weighted by molar-refractivity contribution is 9.10. The van der Waals surface area contributed by atoms with Gasteiger partial charge in [-0.05, 0) is 36.4 Å². The highest BCUT2D eigenvalue weighted by Crippen LogP contribution is 2.21. The number of benzene rings is 2. The molecule has 0 aliphatic heterocycles. The van der Waals surface area contributed by atoms with Gasteiger partial charge in [0.1, 0.15) is 6.33 Å². The second-order valence-corrected chi connectivity index (χ2v) is 6.72. The zero-order valence-corrected chi connectivity index (χ0v) is 12.1. The lowest BCUT2D eigenvalue weighted by molar-refractivity contribution is 0.588. The van der Waals surface area contributed by atoms with Gasteiger partial charge in [-0.2, -0.15) is 0 Å². The van der Waals surface area contributed by atoms with Crippen LogP contribution in [0.5, 0.6) is 0 Å². The molecule has 4 nitrogen and oxygen atoms in total. The molecule has 0 amide bonds. The number of fused-ring (bicyclic) bond motifs is 1. The summed E-state index contributed by atoms with van der Waals surface area (Å²) in [7, 11) is -3.61. The Kier molecular flexibility index (Phi) is 2.91. The van der Waals surface area contributed by atoms with E-state index in [-0.39, 0.29) is 4.90 Å². The van der Waals surface area contributed by atoms with Crippen molar-refractivity contribution in [2.75, 3.05) is 0 Å². The third kappa shape index (κ3) is 2.06. The molecule has 0 radical (unpaired) electrons. The molecule has 2 aromatic carbocycles. The molecule has 0 atom stereocenters. The van der Waals surface area contributed by atoms with E-state index in [0.29, 0.717) is 11.0 Å². The number of nitrogens with zero attached hydrogens (tertiary/aromatic N) is 2.